The SMILES string of the molecule is O=C(O)CC1(Oc2cc(Br)cc([N+](=O)[O-])c2)CCC1. The minimum atomic E-state index is -0.927. The van der Waals surface area contributed by atoms with Gasteiger partial charge in [0, 0.05) is 10.5 Å². The predicted octanol–water partition coefficient (Wildman–Crippen LogP) is 3.13. The number of carboxylic acids is 1. The van der Waals surface area contributed by atoms with Gasteiger partial charge in [0.25, 0.3) is 5.69 Å². The normalized spacial score (nSPS) is 16.5. The van der Waals surface area contributed by atoms with Gasteiger partial charge in [0.2, 0.25) is 0 Å². The summed E-state index contributed by atoms with van der Waals surface area (Å²) in [6.45, 7) is 0. The molecule has 1 fully saturated rings. The molecule has 1 aromatic carbocycles. The van der Waals surface area contributed by atoms with Crippen LogP contribution in [0, 0.1) is 10.1 Å². The van der Waals surface area contributed by atoms with Gasteiger partial charge in [-0.05, 0) is 25.3 Å². The third kappa shape index (κ3) is 3.23. The van der Waals surface area contributed by atoms with Crippen molar-refractivity contribution < 1.29 is 19.6 Å². The molecule has 0 spiro atoms. The molecule has 6 nitrogen and oxygen atoms in total. The Kier molecular flexibility index (Phi) is 3.75. The molecule has 102 valence electrons. The maximum absolute atomic E-state index is 10.8. The summed E-state index contributed by atoms with van der Waals surface area (Å²) >= 11 is 3.18. The van der Waals surface area contributed by atoms with Crippen LogP contribution in [0.15, 0.2) is 22.7 Å². The lowest BCUT2D eigenvalue weighted by molar-refractivity contribution is -0.385. The van der Waals surface area contributed by atoms with Crippen LogP contribution in [0.1, 0.15) is 25.7 Å². The summed E-state index contributed by atoms with van der Waals surface area (Å²) in [5.41, 5.74) is -0.810. The average Bonchev–Trinajstić information content (AvgIpc) is 2.24. The molecular formula is C12H12BrNO5. The first-order valence-electron chi connectivity index (χ1n) is 5.76. The summed E-state index contributed by atoms with van der Waals surface area (Å²) in [6, 6.07) is 4.29. The van der Waals surface area contributed by atoms with Crippen molar-refractivity contribution in [1.82, 2.24) is 0 Å². The van der Waals surface area contributed by atoms with E-state index in [1.165, 1.54) is 12.1 Å². The molecule has 7 heteroatoms. The van der Waals surface area contributed by atoms with E-state index in [-0.39, 0.29) is 12.1 Å². The molecule has 1 aliphatic rings. The van der Waals surface area contributed by atoms with Gasteiger partial charge in [-0.3, -0.25) is 14.9 Å². The highest BCUT2D eigenvalue weighted by molar-refractivity contribution is 9.10. The number of benzene rings is 1. The molecule has 0 radical (unpaired) electrons. The molecule has 0 aromatic heterocycles. The van der Waals surface area contributed by atoms with Gasteiger partial charge in [-0.15, -0.1) is 0 Å². The Balaban J connectivity index is 2.22. The van der Waals surface area contributed by atoms with Crippen molar-refractivity contribution in [3.63, 3.8) is 0 Å². The monoisotopic (exact) mass is 329 g/mol. The third-order valence-electron chi connectivity index (χ3n) is 3.14. The fourth-order valence-electron chi connectivity index (χ4n) is 2.12. The highest BCUT2D eigenvalue weighted by Gasteiger charge is 2.41. The maximum atomic E-state index is 10.8. The molecule has 0 atom stereocenters. The minimum Gasteiger partial charge on any atom is -0.486 e. The van der Waals surface area contributed by atoms with E-state index in [4.69, 9.17) is 9.84 Å². The molecule has 1 aromatic rings. The number of non-ortho nitro benzene ring substituents is 1. The zero-order valence-corrected chi connectivity index (χ0v) is 11.6. The molecule has 0 unspecified atom stereocenters. The Morgan fingerprint density at radius 3 is 2.63 bits per heavy atom. The zero-order valence-electron chi connectivity index (χ0n) is 9.97. The summed E-state index contributed by atoms with van der Waals surface area (Å²) in [7, 11) is 0. The van der Waals surface area contributed by atoms with Gasteiger partial charge in [-0.25, -0.2) is 0 Å². The van der Waals surface area contributed by atoms with Gasteiger partial charge in [0.05, 0.1) is 17.4 Å². The summed E-state index contributed by atoms with van der Waals surface area (Å²) in [5, 5.41) is 19.7. The molecule has 2 rings (SSSR count). The van der Waals surface area contributed by atoms with Crippen molar-refractivity contribution in [2.24, 2.45) is 0 Å². The fourth-order valence-corrected chi connectivity index (χ4v) is 2.58. The van der Waals surface area contributed by atoms with Crippen molar-refractivity contribution in [3.05, 3.63) is 32.8 Å². The molecule has 0 bridgehead atoms. The van der Waals surface area contributed by atoms with E-state index >= 15 is 0 Å². The van der Waals surface area contributed by atoms with E-state index < -0.39 is 16.5 Å². The molecule has 0 aliphatic heterocycles. The van der Waals surface area contributed by atoms with Crippen LogP contribution >= 0.6 is 15.9 Å². The number of hydrogen-bond donors (Lipinski definition) is 1. The Labute approximate surface area is 117 Å². The van der Waals surface area contributed by atoms with Crippen LogP contribution in [0.4, 0.5) is 5.69 Å². The lowest BCUT2D eigenvalue weighted by Crippen LogP contribution is -2.45. The van der Waals surface area contributed by atoms with Crippen molar-refractivity contribution >= 4 is 27.6 Å². The molecule has 0 amide bonds. The first-order valence-corrected chi connectivity index (χ1v) is 6.55. The highest BCUT2D eigenvalue weighted by Crippen LogP contribution is 2.40. The van der Waals surface area contributed by atoms with Crippen LogP contribution in [-0.4, -0.2) is 21.6 Å². The second-order valence-electron chi connectivity index (χ2n) is 4.61. The zero-order chi connectivity index (χ0) is 14.0. The summed E-state index contributed by atoms with van der Waals surface area (Å²) in [6.07, 6.45) is 2.12. The van der Waals surface area contributed by atoms with Gasteiger partial charge in [-0.2, -0.15) is 0 Å². The van der Waals surface area contributed by atoms with E-state index in [9.17, 15) is 14.9 Å². The molecular weight excluding hydrogens is 318 g/mol. The van der Waals surface area contributed by atoms with Crippen molar-refractivity contribution in [3.8, 4) is 5.75 Å². The number of rotatable bonds is 5. The molecule has 0 saturated heterocycles. The molecule has 1 saturated carbocycles. The number of carbonyl (C=O) groups is 1. The third-order valence-corrected chi connectivity index (χ3v) is 3.60. The van der Waals surface area contributed by atoms with E-state index in [0.717, 1.165) is 6.42 Å². The number of nitrogens with zero attached hydrogens (tertiary/aromatic N) is 1. The van der Waals surface area contributed by atoms with E-state index in [1.54, 1.807) is 6.07 Å². The van der Waals surface area contributed by atoms with Crippen LogP contribution in [0.2, 0.25) is 0 Å². The van der Waals surface area contributed by atoms with E-state index in [2.05, 4.69) is 15.9 Å². The van der Waals surface area contributed by atoms with Gasteiger partial charge in [0.15, 0.2) is 0 Å². The van der Waals surface area contributed by atoms with E-state index in [1.807, 2.05) is 0 Å². The molecule has 0 heterocycles. The van der Waals surface area contributed by atoms with Crippen molar-refractivity contribution in [2.45, 2.75) is 31.3 Å². The topological polar surface area (TPSA) is 89.7 Å². The van der Waals surface area contributed by atoms with Crippen LogP contribution < -0.4 is 4.74 Å². The van der Waals surface area contributed by atoms with Crippen LogP contribution in [0.3, 0.4) is 0 Å². The Morgan fingerprint density at radius 1 is 1.47 bits per heavy atom. The van der Waals surface area contributed by atoms with Crippen LogP contribution in [0.5, 0.6) is 5.75 Å². The Morgan fingerprint density at radius 2 is 2.16 bits per heavy atom. The van der Waals surface area contributed by atoms with Gasteiger partial charge >= 0.3 is 5.97 Å². The maximum Gasteiger partial charge on any atom is 0.307 e. The van der Waals surface area contributed by atoms with Crippen molar-refractivity contribution in [2.75, 3.05) is 0 Å². The minimum absolute atomic E-state index is 0.0887. The number of halogens is 1. The van der Waals surface area contributed by atoms with Gasteiger partial charge in [0.1, 0.15) is 11.4 Å². The molecule has 19 heavy (non-hydrogen) atoms. The first-order chi connectivity index (χ1) is 8.90. The second-order valence-corrected chi connectivity index (χ2v) is 5.53. The number of nitro benzene ring substituents is 1. The Hall–Kier alpha value is -1.63. The largest absolute Gasteiger partial charge is 0.486 e. The lowest BCUT2D eigenvalue weighted by Gasteiger charge is -2.40. The number of aliphatic carboxylic acids is 1. The lowest BCUT2D eigenvalue weighted by atomic mass is 9.77. The quantitative estimate of drug-likeness (QED) is 0.662. The smallest absolute Gasteiger partial charge is 0.307 e. The van der Waals surface area contributed by atoms with Gasteiger partial charge in [-0.1, -0.05) is 15.9 Å². The number of hydrogen-bond acceptors (Lipinski definition) is 4. The molecule has 1 N–H and O–H groups in total. The van der Waals surface area contributed by atoms with Crippen LogP contribution in [0.25, 0.3) is 0 Å². The summed E-state index contributed by atoms with van der Waals surface area (Å²) in [4.78, 5) is 21.1. The number of ether oxygens (including phenoxy) is 1. The standard InChI is InChI=1S/C12H12BrNO5/c13-8-4-9(14(17)18)6-10(5-8)19-12(2-1-3-12)7-11(15)16/h4-6H,1-3,7H2,(H,15,16). The van der Waals surface area contributed by atoms with Crippen LogP contribution in [-0.2, 0) is 4.79 Å². The first kappa shape index (κ1) is 13.8. The van der Waals surface area contributed by atoms with Crippen molar-refractivity contribution in [1.29, 1.82) is 0 Å². The second kappa shape index (κ2) is 5.16. The number of nitro groups is 1. The summed E-state index contributed by atoms with van der Waals surface area (Å²) < 4.78 is 6.23. The summed E-state index contributed by atoms with van der Waals surface area (Å²) in [5.74, 6) is -0.605. The van der Waals surface area contributed by atoms with E-state index in [0.29, 0.717) is 23.1 Å². The molecule has 1 aliphatic carbocycles. The number of carboxylic acid groups (broad SMARTS) is 1. The average molecular weight is 330 g/mol. The predicted molar refractivity (Wildman–Crippen MR) is 70.3 cm³/mol. The van der Waals surface area contributed by atoms with Gasteiger partial charge < -0.3 is 9.84 Å². The Bertz CT molecular complexity index is 527. The fraction of sp³-hybridized carbons (Fsp3) is 0.417. The highest BCUT2D eigenvalue weighted by atomic mass is 79.9.